The Morgan fingerprint density at radius 1 is 0.952 bits per heavy atom. The van der Waals surface area contributed by atoms with Crippen LogP contribution >= 0.6 is 0 Å². The highest BCUT2D eigenvalue weighted by molar-refractivity contribution is 5.83. The summed E-state index contributed by atoms with van der Waals surface area (Å²) in [6.07, 6.45) is 1.60. The summed E-state index contributed by atoms with van der Waals surface area (Å²) >= 11 is 0. The number of benzene rings is 2. The molecule has 4 heteroatoms. The third-order valence-corrected chi connectivity index (χ3v) is 3.61. The van der Waals surface area contributed by atoms with Gasteiger partial charge in [0.1, 0.15) is 0 Å². The van der Waals surface area contributed by atoms with E-state index in [0.717, 1.165) is 5.39 Å². The highest BCUT2D eigenvalue weighted by Gasteiger charge is 2.32. The first kappa shape index (κ1) is 13.8. The van der Waals surface area contributed by atoms with Crippen molar-refractivity contribution in [2.75, 3.05) is 0 Å². The second-order valence-corrected chi connectivity index (χ2v) is 5.03. The standard InChI is InChI=1S/C17H15F2NO/c18-17(19,14-6-2-1-3-7-14)12-20-10-13(11-21)15-8-4-5-9-16(15)20/h1-10,21H,11-12H2. The molecule has 0 aliphatic carbocycles. The summed E-state index contributed by atoms with van der Waals surface area (Å²) in [6.45, 7) is -0.609. The van der Waals surface area contributed by atoms with E-state index in [1.54, 1.807) is 36.5 Å². The number of alkyl halides is 2. The van der Waals surface area contributed by atoms with Gasteiger partial charge in [-0.2, -0.15) is 8.78 Å². The summed E-state index contributed by atoms with van der Waals surface area (Å²) < 4.78 is 30.3. The molecular formula is C17H15F2NO. The molecule has 0 radical (unpaired) electrons. The van der Waals surface area contributed by atoms with Crippen LogP contribution in [0.4, 0.5) is 8.78 Å². The minimum atomic E-state index is -2.96. The first-order chi connectivity index (χ1) is 10.1. The van der Waals surface area contributed by atoms with Crippen molar-refractivity contribution in [2.24, 2.45) is 0 Å². The van der Waals surface area contributed by atoms with Crippen molar-refractivity contribution < 1.29 is 13.9 Å². The Hall–Kier alpha value is -2.20. The molecule has 108 valence electrons. The molecule has 0 aliphatic rings. The molecule has 2 aromatic carbocycles. The third-order valence-electron chi connectivity index (χ3n) is 3.61. The van der Waals surface area contributed by atoms with Crippen LogP contribution in [-0.4, -0.2) is 9.67 Å². The fourth-order valence-corrected chi connectivity index (χ4v) is 2.57. The Kier molecular flexibility index (Phi) is 3.47. The molecule has 0 atom stereocenters. The van der Waals surface area contributed by atoms with Crippen molar-refractivity contribution >= 4 is 10.9 Å². The zero-order valence-electron chi connectivity index (χ0n) is 11.3. The molecule has 0 unspecified atom stereocenters. The highest BCUT2D eigenvalue weighted by atomic mass is 19.3. The van der Waals surface area contributed by atoms with Crippen LogP contribution in [0.25, 0.3) is 10.9 Å². The fourth-order valence-electron chi connectivity index (χ4n) is 2.57. The molecule has 0 amide bonds. The molecule has 21 heavy (non-hydrogen) atoms. The number of hydrogen-bond donors (Lipinski definition) is 1. The van der Waals surface area contributed by atoms with Gasteiger partial charge in [0.2, 0.25) is 0 Å². The Morgan fingerprint density at radius 3 is 2.33 bits per heavy atom. The lowest BCUT2D eigenvalue weighted by molar-refractivity contribution is -0.0211. The molecule has 1 heterocycles. The van der Waals surface area contributed by atoms with Crippen LogP contribution in [0.3, 0.4) is 0 Å². The SMILES string of the molecule is OCc1cn(CC(F)(F)c2ccccc2)c2ccccc12. The summed E-state index contributed by atoms with van der Waals surface area (Å²) in [5, 5.41) is 10.2. The van der Waals surface area contributed by atoms with Gasteiger partial charge in [0, 0.05) is 28.2 Å². The van der Waals surface area contributed by atoms with E-state index in [-0.39, 0.29) is 12.2 Å². The first-order valence-corrected chi connectivity index (χ1v) is 6.73. The number of aliphatic hydroxyl groups is 1. The van der Waals surface area contributed by atoms with E-state index in [1.807, 2.05) is 12.1 Å². The van der Waals surface area contributed by atoms with Gasteiger partial charge in [0.05, 0.1) is 13.2 Å². The second-order valence-electron chi connectivity index (χ2n) is 5.03. The summed E-state index contributed by atoms with van der Waals surface area (Å²) in [5.74, 6) is -2.96. The first-order valence-electron chi connectivity index (χ1n) is 6.73. The molecule has 3 aromatic rings. The van der Waals surface area contributed by atoms with Crippen LogP contribution in [-0.2, 0) is 19.1 Å². The van der Waals surface area contributed by atoms with Crippen LogP contribution in [0, 0.1) is 0 Å². The zero-order valence-corrected chi connectivity index (χ0v) is 11.3. The van der Waals surface area contributed by atoms with Crippen molar-refractivity contribution in [3.8, 4) is 0 Å². The number of hydrogen-bond acceptors (Lipinski definition) is 1. The molecular weight excluding hydrogens is 272 g/mol. The van der Waals surface area contributed by atoms with Crippen molar-refractivity contribution in [1.29, 1.82) is 0 Å². The van der Waals surface area contributed by atoms with E-state index in [4.69, 9.17) is 0 Å². The smallest absolute Gasteiger partial charge is 0.290 e. The molecule has 0 bridgehead atoms. The molecule has 0 saturated carbocycles. The Bertz CT molecular complexity index is 750. The van der Waals surface area contributed by atoms with Crippen molar-refractivity contribution in [3.05, 3.63) is 71.9 Å². The molecule has 1 N–H and O–H groups in total. The molecule has 0 spiro atoms. The van der Waals surface area contributed by atoms with Gasteiger partial charge in [-0.3, -0.25) is 0 Å². The van der Waals surface area contributed by atoms with E-state index < -0.39 is 12.5 Å². The number of fused-ring (bicyclic) bond motifs is 1. The van der Waals surface area contributed by atoms with Crippen LogP contribution in [0.2, 0.25) is 0 Å². The van der Waals surface area contributed by atoms with Crippen LogP contribution in [0.1, 0.15) is 11.1 Å². The summed E-state index contributed by atoms with van der Waals surface area (Å²) in [4.78, 5) is 0. The maximum atomic E-state index is 14.4. The fraction of sp³-hybridized carbons (Fsp3) is 0.176. The number of nitrogens with zero attached hydrogens (tertiary/aromatic N) is 1. The molecule has 0 aliphatic heterocycles. The number of para-hydroxylation sites is 1. The molecule has 0 saturated heterocycles. The molecule has 2 nitrogen and oxygen atoms in total. The van der Waals surface area contributed by atoms with Crippen molar-refractivity contribution in [3.63, 3.8) is 0 Å². The van der Waals surface area contributed by atoms with E-state index >= 15 is 0 Å². The van der Waals surface area contributed by atoms with Gasteiger partial charge in [-0.25, -0.2) is 0 Å². The van der Waals surface area contributed by atoms with Gasteiger partial charge >= 0.3 is 0 Å². The minimum absolute atomic E-state index is 0.00618. The maximum Gasteiger partial charge on any atom is 0.290 e. The zero-order chi connectivity index (χ0) is 14.9. The second kappa shape index (κ2) is 5.30. The quantitative estimate of drug-likeness (QED) is 0.773. The van der Waals surface area contributed by atoms with Gasteiger partial charge in [0.15, 0.2) is 0 Å². The lowest BCUT2D eigenvalue weighted by Crippen LogP contribution is -2.20. The van der Waals surface area contributed by atoms with Gasteiger partial charge in [-0.15, -0.1) is 0 Å². The average Bonchev–Trinajstić information content (AvgIpc) is 2.86. The summed E-state index contributed by atoms with van der Waals surface area (Å²) in [7, 11) is 0. The Balaban J connectivity index is 2.02. The van der Waals surface area contributed by atoms with Gasteiger partial charge < -0.3 is 9.67 Å². The van der Waals surface area contributed by atoms with Crippen LogP contribution in [0.15, 0.2) is 60.8 Å². The third kappa shape index (κ3) is 2.54. The van der Waals surface area contributed by atoms with E-state index in [2.05, 4.69) is 0 Å². The lowest BCUT2D eigenvalue weighted by atomic mass is 10.1. The van der Waals surface area contributed by atoms with Gasteiger partial charge in [-0.1, -0.05) is 48.5 Å². The van der Waals surface area contributed by atoms with Crippen molar-refractivity contribution in [2.45, 2.75) is 19.1 Å². The summed E-state index contributed by atoms with van der Waals surface area (Å²) in [6, 6.07) is 15.0. The molecule has 1 aromatic heterocycles. The Morgan fingerprint density at radius 2 is 1.62 bits per heavy atom. The van der Waals surface area contributed by atoms with E-state index in [0.29, 0.717) is 11.1 Å². The van der Waals surface area contributed by atoms with Gasteiger partial charge in [-0.05, 0) is 6.07 Å². The normalized spacial score (nSPS) is 12.0. The van der Waals surface area contributed by atoms with Crippen LogP contribution < -0.4 is 0 Å². The minimum Gasteiger partial charge on any atom is -0.392 e. The Labute approximate surface area is 121 Å². The highest BCUT2D eigenvalue weighted by Crippen LogP contribution is 2.32. The largest absolute Gasteiger partial charge is 0.392 e. The average molecular weight is 287 g/mol. The van der Waals surface area contributed by atoms with Crippen LogP contribution in [0.5, 0.6) is 0 Å². The van der Waals surface area contributed by atoms with Crippen molar-refractivity contribution in [1.82, 2.24) is 4.57 Å². The number of rotatable bonds is 4. The maximum absolute atomic E-state index is 14.4. The van der Waals surface area contributed by atoms with E-state index in [1.165, 1.54) is 16.7 Å². The summed E-state index contributed by atoms with van der Waals surface area (Å²) in [5.41, 5.74) is 1.36. The topological polar surface area (TPSA) is 25.2 Å². The number of aliphatic hydroxyl groups excluding tert-OH is 1. The monoisotopic (exact) mass is 287 g/mol. The predicted molar refractivity (Wildman–Crippen MR) is 78.2 cm³/mol. The van der Waals surface area contributed by atoms with Gasteiger partial charge in [0.25, 0.3) is 5.92 Å². The molecule has 0 fully saturated rings. The molecule has 3 rings (SSSR count). The lowest BCUT2D eigenvalue weighted by Gasteiger charge is -2.18. The number of halogens is 2. The predicted octanol–water partition coefficient (Wildman–Crippen LogP) is 3.93. The van der Waals surface area contributed by atoms with E-state index in [9.17, 15) is 13.9 Å². The number of aromatic nitrogens is 1.